The van der Waals surface area contributed by atoms with E-state index in [9.17, 15) is 4.79 Å². The van der Waals surface area contributed by atoms with Crippen LogP contribution in [0.25, 0.3) is 5.69 Å². The van der Waals surface area contributed by atoms with Crippen LogP contribution in [0.3, 0.4) is 0 Å². The van der Waals surface area contributed by atoms with Crippen LogP contribution in [0.4, 0.5) is 11.4 Å². The summed E-state index contributed by atoms with van der Waals surface area (Å²) in [6.45, 7) is 9.40. The molecule has 1 aliphatic rings. The van der Waals surface area contributed by atoms with Crippen LogP contribution in [0.5, 0.6) is 0 Å². The minimum Gasteiger partial charge on any atom is -0.367 e. The molecule has 5 heteroatoms. The highest BCUT2D eigenvalue weighted by molar-refractivity contribution is 6.06. The zero-order chi connectivity index (χ0) is 20.2. The number of nitrogens with one attached hydrogen (secondary N) is 1. The Balaban J connectivity index is 1.55. The molecule has 2 heterocycles. The topological polar surface area (TPSA) is 40.5 Å². The summed E-state index contributed by atoms with van der Waals surface area (Å²) in [4.78, 5) is 17.8. The molecule has 150 valence electrons. The normalized spacial score (nSPS) is 14.8. The molecule has 5 nitrogen and oxygen atoms in total. The maximum atomic E-state index is 13.0. The number of carbonyl (C=O) groups is 1. The zero-order valence-corrected chi connectivity index (χ0v) is 17.1. The quantitative estimate of drug-likeness (QED) is 0.713. The Labute approximate surface area is 172 Å². The molecule has 0 radical (unpaired) electrons. The number of aryl methyl sites for hydroxylation is 1. The van der Waals surface area contributed by atoms with Gasteiger partial charge in [-0.25, -0.2) is 0 Å². The van der Waals surface area contributed by atoms with Gasteiger partial charge in [0.25, 0.3) is 5.91 Å². The van der Waals surface area contributed by atoms with Crippen molar-refractivity contribution in [2.75, 3.05) is 42.9 Å². The first-order chi connectivity index (χ1) is 14.2. The Morgan fingerprint density at radius 3 is 2.38 bits per heavy atom. The summed E-state index contributed by atoms with van der Waals surface area (Å²) >= 11 is 0. The van der Waals surface area contributed by atoms with Crippen molar-refractivity contribution in [3.05, 3.63) is 78.1 Å². The summed E-state index contributed by atoms with van der Waals surface area (Å²) in [6.07, 6.45) is 3.99. The summed E-state index contributed by atoms with van der Waals surface area (Å²) < 4.78 is 2.03. The van der Waals surface area contributed by atoms with Gasteiger partial charge in [-0.05, 0) is 55.4 Å². The van der Waals surface area contributed by atoms with Crippen LogP contribution in [0.2, 0.25) is 0 Å². The Morgan fingerprint density at radius 2 is 1.66 bits per heavy atom. The molecular formula is C24H28N4O. The van der Waals surface area contributed by atoms with Crippen LogP contribution in [0.1, 0.15) is 22.8 Å². The number of rotatable bonds is 5. The average molecular weight is 389 g/mol. The van der Waals surface area contributed by atoms with Crippen molar-refractivity contribution in [2.45, 2.75) is 13.8 Å². The summed E-state index contributed by atoms with van der Waals surface area (Å²) in [5, 5.41) is 3.14. The third-order valence-electron chi connectivity index (χ3n) is 5.67. The molecule has 0 unspecified atom stereocenters. The number of aromatic nitrogens is 1. The number of hydrogen-bond acceptors (Lipinski definition) is 3. The van der Waals surface area contributed by atoms with E-state index in [2.05, 4.69) is 35.0 Å². The van der Waals surface area contributed by atoms with Crippen molar-refractivity contribution in [3.63, 3.8) is 0 Å². The Kier molecular flexibility index (Phi) is 5.67. The van der Waals surface area contributed by atoms with Crippen molar-refractivity contribution >= 4 is 17.3 Å². The van der Waals surface area contributed by atoms with Gasteiger partial charge in [0.1, 0.15) is 0 Å². The number of nitrogens with zero attached hydrogens (tertiary/aromatic N) is 3. The van der Waals surface area contributed by atoms with E-state index in [-0.39, 0.29) is 5.91 Å². The number of benzene rings is 2. The van der Waals surface area contributed by atoms with Crippen LogP contribution in [-0.4, -0.2) is 48.1 Å². The van der Waals surface area contributed by atoms with Crippen LogP contribution in [-0.2, 0) is 0 Å². The highest BCUT2D eigenvalue weighted by atomic mass is 16.1. The highest BCUT2D eigenvalue weighted by Gasteiger charge is 2.19. The molecule has 1 fully saturated rings. The Hall–Kier alpha value is -3.05. The molecule has 2 aromatic carbocycles. The summed E-state index contributed by atoms with van der Waals surface area (Å²) in [5.74, 6) is -0.0851. The van der Waals surface area contributed by atoms with Gasteiger partial charge in [0.2, 0.25) is 0 Å². The minimum atomic E-state index is -0.0851. The fourth-order valence-corrected chi connectivity index (χ4v) is 3.88. The van der Waals surface area contributed by atoms with Gasteiger partial charge in [-0.2, -0.15) is 0 Å². The van der Waals surface area contributed by atoms with E-state index >= 15 is 0 Å². The third kappa shape index (κ3) is 4.20. The number of para-hydroxylation sites is 2. The van der Waals surface area contributed by atoms with E-state index in [0.717, 1.165) is 55.3 Å². The van der Waals surface area contributed by atoms with Gasteiger partial charge < -0.3 is 19.7 Å². The first-order valence-corrected chi connectivity index (χ1v) is 10.3. The van der Waals surface area contributed by atoms with Gasteiger partial charge in [0, 0.05) is 49.8 Å². The van der Waals surface area contributed by atoms with E-state index in [4.69, 9.17) is 0 Å². The fraction of sp³-hybridized carbons (Fsp3) is 0.292. The molecule has 1 saturated heterocycles. The average Bonchev–Trinajstić information content (AvgIpc) is 3.29. The van der Waals surface area contributed by atoms with E-state index < -0.39 is 0 Å². The molecule has 0 bridgehead atoms. The first kappa shape index (κ1) is 19.3. The maximum Gasteiger partial charge on any atom is 0.255 e. The van der Waals surface area contributed by atoms with Crippen molar-refractivity contribution < 1.29 is 4.79 Å². The largest absolute Gasteiger partial charge is 0.367 e. The summed E-state index contributed by atoms with van der Waals surface area (Å²) in [5.41, 5.74) is 4.77. The third-order valence-corrected chi connectivity index (χ3v) is 5.67. The monoisotopic (exact) mass is 388 g/mol. The number of amides is 1. The lowest BCUT2D eigenvalue weighted by Crippen LogP contribution is -2.46. The first-order valence-electron chi connectivity index (χ1n) is 10.3. The fourth-order valence-electron chi connectivity index (χ4n) is 3.88. The van der Waals surface area contributed by atoms with Crippen molar-refractivity contribution in [3.8, 4) is 5.69 Å². The van der Waals surface area contributed by atoms with Crippen LogP contribution >= 0.6 is 0 Å². The molecule has 3 aromatic rings. The molecule has 1 N–H and O–H groups in total. The Bertz CT molecular complexity index is 972. The lowest BCUT2D eigenvalue weighted by Gasteiger charge is -2.36. The second kappa shape index (κ2) is 8.53. The van der Waals surface area contributed by atoms with E-state index in [1.54, 1.807) is 0 Å². The number of piperazine rings is 1. The molecule has 1 aliphatic heterocycles. The number of carbonyl (C=O) groups excluding carboxylic acids is 1. The summed E-state index contributed by atoms with van der Waals surface area (Å²) in [7, 11) is 0. The number of likely N-dealkylation sites (N-methyl/N-ethyl adjacent to an activating group) is 1. The standard InChI is InChI=1S/C24H28N4O/c1-3-26-14-16-28(17-15-26)22-9-5-4-8-21(22)25-24(29)20-11-10-19(2)23(18-20)27-12-6-7-13-27/h4-13,18H,3,14-17H2,1-2H3,(H,25,29). The molecule has 0 aliphatic carbocycles. The van der Waals surface area contributed by atoms with Gasteiger partial charge >= 0.3 is 0 Å². The molecule has 0 atom stereocenters. The van der Waals surface area contributed by atoms with Crippen LogP contribution < -0.4 is 10.2 Å². The molecule has 29 heavy (non-hydrogen) atoms. The van der Waals surface area contributed by atoms with E-state index in [1.165, 1.54) is 0 Å². The van der Waals surface area contributed by atoms with Crippen molar-refractivity contribution in [1.82, 2.24) is 9.47 Å². The molecule has 1 aromatic heterocycles. The smallest absolute Gasteiger partial charge is 0.255 e. The number of hydrogen-bond donors (Lipinski definition) is 1. The molecule has 1 amide bonds. The predicted molar refractivity (Wildman–Crippen MR) is 119 cm³/mol. The molecule has 4 rings (SSSR count). The van der Waals surface area contributed by atoms with Gasteiger partial charge in [0.15, 0.2) is 0 Å². The number of anilines is 2. The molecular weight excluding hydrogens is 360 g/mol. The van der Waals surface area contributed by atoms with Crippen molar-refractivity contribution in [2.24, 2.45) is 0 Å². The Morgan fingerprint density at radius 1 is 0.931 bits per heavy atom. The molecule has 0 saturated carbocycles. The van der Waals surface area contributed by atoms with E-state index in [1.807, 2.05) is 65.5 Å². The zero-order valence-electron chi connectivity index (χ0n) is 17.1. The predicted octanol–water partition coefficient (Wildman–Crippen LogP) is 4.18. The van der Waals surface area contributed by atoms with Gasteiger partial charge in [-0.1, -0.05) is 25.1 Å². The van der Waals surface area contributed by atoms with E-state index in [0.29, 0.717) is 5.56 Å². The SMILES string of the molecule is CCN1CCN(c2ccccc2NC(=O)c2ccc(C)c(-n3cccc3)c2)CC1. The van der Waals surface area contributed by atoms with Crippen LogP contribution in [0, 0.1) is 6.92 Å². The van der Waals surface area contributed by atoms with Crippen molar-refractivity contribution in [1.29, 1.82) is 0 Å². The van der Waals surface area contributed by atoms with Gasteiger partial charge in [-0.3, -0.25) is 4.79 Å². The lowest BCUT2D eigenvalue weighted by molar-refractivity contribution is 0.102. The minimum absolute atomic E-state index is 0.0851. The van der Waals surface area contributed by atoms with Gasteiger partial charge in [0.05, 0.1) is 11.4 Å². The molecule has 0 spiro atoms. The summed E-state index contributed by atoms with van der Waals surface area (Å²) in [6, 6.07) is 17.9. The lowest BCUT2D eigenvalue weighted by atomic mass is 10.1. The van der Waals surface area contributed by atoms with Crippen LogP contribution in [0.15, 0.2) is 67.0 Å². The second-order valence-electron chi connectivity index (χ2n) is 7.48. The highest BCUT2D eigenvalue weighted by Crippen LogP contribution is 2.27. The van der Waals surface area contributed by atoms with Gasteiger partial charge in [-0.15, -0.1) is 0 Å². The second-order valence-corrected chi connectivity index (χ2v) is 7.48. The maximum absolute atomic E-state index is 13.0.